The van der Waals surface area contributed by atoms with Crippen LogP contribution in [0.3, 0.4) is 0 Å². The fourth-order valence-electron chi connectivity index (χ4n) is 2.80. The van der Waals surface area contributed by atoms with Crippen molar-refractivity contribution >= 4 is 33.3 Å². The Hall–Kier alpha value is -3.04. The lowest BCUT2D eigenvalue weighted by atomic mass is 10.1. The van der Waals surface area contributed by atoms with Gasteiger partial charge in [-0.3, -0.25) is 0 Å². The van der Waals surface area contributed by atoms with Crippen LogP contribution in [0.5, 0.6) is 0 Å². The molecule has 144 valence electrons. The molecule has 0 aliphatic heterocycles. The molecule has 0 aliphatic rings. The summed E-state index contributed by atoms with van der Waals surface area (Å²) in [5, 5.41) is 10.4. The molecule has 0 spiro atoms. The SMILES string of the molecule is COCc1nc(NCc2nc(N(C)C)no2)c2c(-c3ccccc3)csc2n1. The van der Waals surface area contributed by atoms with Crippen LogP contribution >= 0.6 is 11.3 Å². The minimum atomic E-state index is 0.342. The zero-order valence-electron chi connectivity index (χ0n) is 15.8. The maximum atomic E-state index is 5.30. The standard InChI is InChI=1S/C19H20N6O2S/c1-25(2)19-23-15(27-24-19)9-20-17-16-13(12-7-5-4-6-8-12)11-28-18(16)22-14(21-17)10-26-3/h4-8,11H,9-10H2,1-3H3,(H,20,21,22). The van der Waals surface area contributed by atoms with Crippen molar-refractivity contribution in [1.82, 2.24) is 20.1 Å². The molecule has 9 heteroatoms. The summed E-state index contributed by atoms with van der Waals surface area (Å²) in [4.78, 5) is 16.4. The second kappa shape index (κ2) is 7.91. The number of anilines is 2. The highest BCUT2D eigenvalue weighted by atomic mass is 32.1. The minimum Gasteiger partial charge on any atom is -0.377 e. The summed E-state index contributed by atoms with van der Waals surface area (Å²) in [5.41, 5.74) is 2.21. The number of ether oxygens (including phenoxy) is 1. The van der Waals surface area contributed by atoms with Gasteiger partial charge in [-0.05, 0) is 10.7 Å². The molecular weight excluding hydrogens is 376 g/mol. The summed E-state index contributed by atoms with van der Waals surface area (Å²) in [7, 11) is 5.36. The molecule has 0 unspecified atom stereocenters. The van der Waals surface area contributed by atoms with Gasteiger partial charge in [0.1, 0.15) is 17.3 Å². The van der Waals surface area contributed by atoms with E-state index < -0.39 is 0 Å². The first-order valence-electron chi connectivity index (χ1n) is 8.72. The van der Waals surface area contributed by atoms with Crippen LogP contribution in [0, 0.1) is 0 Å². The number of hydrogen-bond donors (Lipinski definition) is 1. The van der Waals surface area contributed by atoms with E-state index in [0.717, 1.165) is 27.2 Å². The van der Waals surface area contributed by atoms with Crippen LogP contribution in [0.1, 0.15) is 11.7 Å². The van der Waals surface area contributed by atoms with Crippen LogP contribution in [0.2, 0.25) is 0 Å². The average Bonchev–Trinajstić information content (AvgIpc) is 3.34. The van der Waals surface area contributed by atoms with Gasteiger partial charge in [-0.25, -0.2) is 9.97 Å². The third-order valence-electron chi connectivity index (χ3n) is 4.10. The number of nitrogens with zero attached hydrogens (tertiary/aromatic N) is 5. The maximum Gasteiger partial charge on any atom is 0.265 e. The number of rotatable bonds is 7. The van der Waals surface area contributed by atoms with Crippen molar-refractivity contribution < 1.29 is 9.26 Å². The van der Waals surface area contributed by atoms with E-state index in [0.29, 0.717) is 30.8 Å². The first kappa shape index (κ1) is 18.3. The molecule has 1 aromatic carbocycles. The molecule has 0 bridgehead atoms. The summed E-state index contributed by atoms with van der Waals surface area (Å²) in [6.45, 7) is 0.706. The number of methoxy groups -OCH3 is 1. The number of fused-ring (bicyclic) bond motifs is 1. The smallest absolute Gasteiger partial charge is 0.265 e. The molecular formula is C19H20N6O2S. The molecule has 0 saturated heterocycles. The summed E-state index contributed by atoms with van der Waals surface area (Å²) in [6.07, 6.45) is 0. The van der Waals surface area contributed by atoms with Crippen molar-refractivity contribution in [2.45, 2.75) is 13.2 Å². The van der Waals surface area contributed by atoms with Crippen molar-refractivity contribution in [1.29, 1.82) is 0 Å². The monoisotopic (exact) mass is 396 g/mol. The fourth-order valence-corrected chi connectivity index (χ4v) is 3.76. The van der Waals surface area contributed by atoms with Crippen molar-refractivity contribution in [3.63, 3.8) is 0 Å². The van der Waals surface area contributed by atoms with E-state index in [4.69, 9.17) is 9.26 Å². The van der Waals surface area contributed by atoms with Crippen LogP contribution in [0.15, 0.2) is 40.2 Å². The molecule has 8 nitrogen and oxygen atoms in total. The molecule has 4 aromatic rings. The minimum absolute atomic E-state index is 0.342. The average molecular weight is 396 g/mol. The van der Waals surface area contributed by atoms with Gasteiger partial charge in [0.25, 0.3) is 5.95 Å². The summed E-state index contributed by atoms with van der Waals surface area (Å²) >= 11 is 1.59. The third kappa shape index (κ3) is 3.67. The lowest BCUT2D eigenvalue weighted by Crippen LogP contribution is -2.10. The number of aromatic nitrogens is 4. The molecule has 1 N–H and O–H groups in total. The van der Waals surface area contributed by atoms with Crippen molar-refractivity contribution in [3.8, 4) is 11.1 Å². The Balaban J connectivity index is 1.72. The van der Waals surface area contributed by atoms with Gasteiger partial charge in [0.15, 0.2) is 5.82 Å². The second-order valence-corrected chi connectivity index (χ2v) is 7.21. The Morgan fingerprint density at radius 3 is 2.68 bits per heavy atom. The zero-order chi connectivity index (χ0) is 19.5. The van der Waals surface area contributed by atoms with Crippen LogP contribution in [-0.4, -0.2) is 41.3 Å². The van der Waals surface area contributed by atoms with Crippen LogP contribution in [0.4, 0.5) is 11.8 Å². The molecule has 28 heavy (non-hydrogen) atoms. The highest BCUT2D eigenvalue weighted by molar-refractivity contribution is 7.17. The van der Waals surface area contributed by atoms with Crippen LogP contribution < -0.4 is 10.2 Å². The number of benzene rings is 1. The van der Waals surface area contributed by atoms with Gasteiger partial charge < -0.3 is 19.5 Å². The fraction of sp³-hybridized carbons (Fsp3) is 0.263. The Morgan fingerprint density at radius 2 is 1.96 bits per heavy atom. The normalized spacial score (nSPS) is 11.1. The molecule has 4 rings (SSSR count). The predicted octanol–water partition coefficient (Wildman–Crippen LogP) is 3.57. The van der Waals surface area contributed by atoms with E-state index in [-0.39, 0.29) is 0 Å². The molecule has 0 fully saturated rings. The molecule has 0 atom stereocenters. The van der Waals surface area contributed by atoms with Crippen LogP contribution in [-0.2, 0) is 17.9 Å². The molecule has 0 amide bonds. The Bertz CT molecular complexity index is 1080. The molecule has 0 saturated carbocycles. The van der Waals surface area contributed by atoms with E-state index in [1.54, 1.807) is 23.3 Å². The van der Waals surface area contributed by atoms with Crippen molar-refractivity contribution in [2.24, 2.45) is 0 Å². The zero-order valence-corrected chi connectivity index (χ0v) is 16.7. The topological polar surface area (TPSA) is 89.2 Å². The lowest BCUT2D eigenvalue weighted by Gasteiger charge is -2.09. The Kier molecular flexibility index (Phi) is 5.18. The van der Waals surface area contributed by atoms with Crippen molar-refractivity contribution in [3.05, 3.63) is 47.4 Å². The van der Waals surface area contributed by atoms with Gasteiger partial charge in [0.2, 0.25) is 5.89 Å². The van der Waals surface area contributed by atoms with Gasteiger partial charge in [0, 0.05) is 32.1 Å². The molecule has 0 radical (unpaired) electrons. The number of thiophene rings is 1. The lowest BCUT2D eigenvalue weighted by molar-refractivity contribution is 0.178. The van der Waals surface area contributed by atoms with Gasteiger partial charge in [-0.1, -0.05) is 30.3 Å². The maximum absolute atomic E-state index is 5.30. The van der Waals surface area contributed by atoms with Gasteiger partial charge in [-0.15, -0.1) is 11.3 Å². The molecule has 0 aliphatic carbocycles. The van der Waals surface area contributed by atoms with Crippen LogP contribution in [0.25, 0.3) is 21.3 Å². The summed E-state index contributed by atoms with van der Waals surface area (Å²) in [6, 6.07) is 10.2. The van der Waals surface area contributed by atoms with E-state index >= 15 is 0 Å². The van der Waals surface area contributed by atoms with E-state index in [1.165, 1.54) is 0 Å². The van der Waals surface area contributed by atoms with E-state index in [2.05, 4.69) is 42.9 Å². The first-order valence-corrected chi connectivity index (χ1v) is 9.60. The van der Waals surface area contributed by atoms with E-state index in [1.807, 2.05) is 32.3 Å². The quantitative estimate of drug-likeness (QED) is 0.507. The number of hydrogen-bond acceptors (Lipinski definition) is 9. The van der Waals surface area contributed by atoms with Gasteiger partial charge >= 0.3 is 0 Å². The predicted molar refractivity (Wildman–Crippen MR) is 110 cm³/mol. The highest BCUT2D eigenvalue weighted by Crippen LogP contribution is 2.37. The highest BCUT2D eigenvalue weighted by Gasteiger charge is 2.16. The molecule has 3 aromatic heterocycles. The number of nitrogens with one attached hydrogen (secondary N) is 1. The Labute approximate surface area is 166 Å². The van der Waals surface area contributed by atoms with E-state index in [9.17, 15) is 0 Å². The summed E-state index contributed by atoms with van der Waals surface area (Å²) < 4.78 is 10.5. The van der Waals surface area contributed by atoms with Gasteiger partial charge in [-0.2, -0.15) is 4.98 Å². The second-order valence-electron chi connectivity index (χ2n) is 6.35. The van der Waals surface area contributed by atoms with Gasteiger partial charge in [0.05, 0.1) is 11.9 Å². The summed E-state index contributed by atoms with van der Waals surface area (Å²) in [5.74, 6) is 2.37. The third-order valence-corrected chi connectivity index (χ3v) is 4.97. The van der Waals surface area contributed by atoms with Crippen molar-refractivity contribution in [2.75, 3.05) is 31.4 Å². The Morgan fingerprint density at radius 1 is 1.14 bits per heavy atom. The largest absolute Gasteiger partial charge is 0.377 e. The first-order chi connectivity index (χ1) is 13.7. The molecule has 3 heterocycles.